The average Bonchev–Trinajstić information content (AvgIpc) is 2.41. The van der Waals surface area contributed by atoms with Crippen molar-refractivity contribution in [3.8, 4) is 0 Å². The molecule has 0 rings (SSSR count). The van der Waals surface area contributed by atoms with Crippen molar-refractivity contribution < 1.29 is 54.5 Å². The second-order valence-electron chi connectivity index (χ2n) is 3.81. The zero-order chi connectivity index (χ0) is 17.8. The maximum atomic E-state index is 12.9. The number of hydrogen-bond acceptors (Lipinski definition) is 4. The monoisotopic (exact) mass is 346 g/mol. The Hall–Kier alpha value is -1.43. The molecular formula is C10H10F8O4. The van der Waals surface area contributed by atoms with Gasteiger partial charge in [-0.05, 0) is 0 Å². The van der Waals surface area contributed by atoms with E-state index in [9.17, 15) is 39.9 Å². The molecule has 4 nitrogen and oxygen atoms in total. The average molecular weight is 346 g/mol. The Morgan fingerprint density at radius 2 is 1.64 bits per heavy atom. The summed E-state index contributed by atoms with van der Waals surface area (Å²) in [5.74, 6) is -14.0. The predicted molar refractivity (Wildman–Crippen MR) is 54.0 cm³/mol. The highest BCUT2D eigenvalue weighted by Crippen LogP contribution is 2.48. The fourth-order valence-electron chi connectivity index (χ4n) is 0.908. The molecule has 0 heterocycles. The number of esters is 1. The number of aliphatic hydroxyl groups excluding tert-OH is 1. The van der Waals surface area contributed by atoms with Crippen LogP contribution in [0.5, 0.6) is 0 Å². The zero-order valence-corrected chi connectivity index (χ0v) is 10.5. The Balaban J connectivity index is 4.75. The number of rotatable bonds is 9. The van der Waals surface area contributed by atoms with Gasteiger partial charge >= 0.3 is 30.3 Å². The van der Waals surface area contributed by atoms with Gasteiger partial charge in [0.05, 0.1) is 6.61 Å². The summed E-state index contributed by atoms with van der Waals surface area (Å²) in [4.78, 5) is 10.5. The maximum absolute atomic E-state index is 12.9. The van der Waals surface area contributed by atoms with Crippen LogP contribution in [0.1, 0.15) is 0 Å². The van der Waals surface area contributed by atoms with Crippen molar-refractivity contribution in [3.63, 3.8) is 0 Å². The molecule has 0 aromatic heterocycles. The molecule has 0 saturated carbocycles. The van der Waals surface area contributed by atoms with Crippen LogP contribution >= 0.6 is 0 Å². The van der Waals surface area contributed by atoms with Crippen LogP contribution in [0, 0.1) is 0 Å². The smallest absolute Gasteiger partial charge is 0.426 e. The number of aliphatic hydroxyl groups is 1. The van der Waals surface area contributed by atoms with Crippen LogP contribution in [-0.4, -0.2) is 54.8 Å². The molecule has 1 atom stereocenters. The van der Waals surface area contributed by atoms with Gasteiger partial charge in [0.25, 0.3) is 0 Å². The van der Waals surface area contributed by atoms with Crippen LogP contribution in [0.15, 0.2) is 12.7 Å². The molecule has 1 unspecified atom stereocenters. The van der Waals surface area contributed by atoms with Gasteiger partial charge in [-0.1, -0.05) is 6.58 Å². The molecule has 0 aliphatic carbocycles. The lowest BCUT2D eigenvalue weighted by molar-refractivity contribution is -0.415. The minimum absolute atomic E-state index is 0.625. The van der Waals surface area contributed by atoms with E-state index in [0.29, 0.717) is 6.08 Å². The quantitative estimate of drug-likeness (QED) is 0.395. The van der Waals surface area contributed by atoms with Gasteiger partial charge in [0.1, 0.15) is 12.7 Å². The first kappa shape index (κ1) is 20.6. The summed E-state index contributed by atoms with van der Waals surface area (Å²) in [6.45, 7) is 0.248. The molecule has 0 bridgehead atoms. The van der Waals surface area contributed by atoms with Gasteiger partial charge < -0.3 is 14.6 Å². The molecule has 0 aromatic rings. The fourth-order valence-corrected chi connectivity index (χ4v) is 0.908. The molecule has 0 aliphatic heterocycles. The normalized spacial score (nSPS) is 14.8. The van der Waals surface area contributed by atoms with Crippen LogP contribution in [0.3, 0.4) is 0 Å². The zero-order valence-electron chi connectivity index (χ0n) is 10.5. The van der Waals surface area contributed by atoms with Gasteiger partial charge in [0.2, 0.25) is 0 Å². The number of alkyl halides is 8. The molecule has 0 spiro atoms. The van der Waals surface area contributed by atoms with E-state index in [1.807, 2.05) is 0 Å². The minimum Gasteiger partial charge on any atom is -0.460 e. The van der Waals surface area contributed by atoms with Gasteiger partial charge in [0, 0.05) is 6.08 Å². The second kappa shape index (κ2) is 7.22. The third kappa shape index (κ3) is 4.53. The van der Waals surface area contributed by atoms with Gasteiger partial charge in [0.15, 0.2) is 0 Å². The minimum atomic E-state index is -6.54. The molecule has 130 valence electrons. The number of ether oxygens (including phenoxy) is 2. The van der Waals surface area contributed by atoms with E-state index in [0.717, 1.165) is 0 Å². The van der Waals surface area contributed by atoms with Crippen molar-refractivity contribution in [1.29, 1.82) is 0 Å². The molecular weight excluding hydrogens is 336 g/mol. The first-order chi connectivity index (χ1) is 9.79. The van der Waals surface area contributed by atoms with Crippen molar-refractivity contribution in [2.75, 3.05) is 13.2 Å². The summed E-state index contributed by atoms with van der Waals surface area (Å²) >= 11 is 0. The molecule has 0 aliphatic rings. The summed E-state index contributed by atoms with van der Waals surface area (Å²) in [6, 6.07) is 0. The van der Waals surface area contributed by atoms with Crippen LogP contribution in [0.4, 0.5) is 35.1 Å². The third-order valence-corrected chi connectivity index (χ3v) is 2.10. The van der Waals surface area contributed by atoms with E-state index in [1.54, 1.807) is 0 Å². The summed E-state index contributed by atoms with van der Waals surface area (Å²) in [6.07, 6.45) is -12.5. The van der Waals surface area contributed by atoms with Crippen molar-refractivity contribution in [3.05, 3.63) is 12.7 Å². The van der Waals surface area contributed by atoms with Gasteiger partial charge in [-0.15, -0.1) is 0 Å². The van der Waals surface area contributed by atoms with Crippen molar-refractivity contribution in [2.45, 2.75) is 30.5 Å². The van der Waals surface area contributed by atoms with E-state index >= 15 is 0 Å². The molecule has 0 saturated heterocycles. The molecule has 0 aromatic carbocycles. The molecule has 0 amide bonds. The summed E-state index contributed by atoms with van der Waals surface area (Å²) < 4.78 is 107. The van der Waals surface area contributed by atoms with Gasteiger partial charge in [-0.25, -0.2) is 13.6 Å². The number of carbonyl (C=O) groups excluding carboxylic acids is 1. The lowest BCUT2D eigenvalue weighted by atomic mass is 10.1. The standard InChI is InChI=1S/C10H10F8O4/c1-2-6(20)21-3-5(19)4-22-10(17,18)9(15,16)8(13,14)7(11)12/h2,5,7,19H,1,3-4H2. The molecule has 0 fully saturated rings. The fraction of sp³-hybridized carbons (Fsp3) is 0.700. The summed E-state index contributed by atoms with van der Waals surface area (Å²) in [7, 11) is 0. The van der Waals surface area contributed by atoms with Crippen LogP contribution in [0.25, 0.3) is 0 Å². The highest BCUT2D eigenvalue weighted by Gasteiger charge is 2.76. The number of carbonyl (C=O) groups is 1. The topological polar surface area (TPSA) is 55.8 Å². The Morgan fingerprint density at radius 3 is 2.05 bits per heavy atom. The lowest BCUT2D eigenvalue weighted by Crippen LogP contribution is -2.59. The molecule has 12 heteroatoms. The van der Waals surface area contributed by atoms with Crippen LogP contribution in [-0.2, 0) is 14.3 Å². The van der Waals surface area contributed by atoms with Gasteiger partial charge in [-0.2, -0.15) is 26.3 Å². The highest BCUT2D eigenvalue weighted by molar-refractivity contribution is 5.81. The Morgan fingerprint density at radius 1 is 1.14 bits per heavy atom. The highest BCUT2D eigenvalue weighted by atomic mass is 19.4. The summed E-state index contributed by atoms with van der Waals surface area (Å²) in [5, 5.41) is 8.98. The number of hydrogen-bond donors (Lipinski definition) is 1. The van der Waals surface area contributed by atoms with E-state index in [2.05, 4.69) is 16.1 Å². The predicted octanol–water partition coefficient (Wildman–Crippen LogP) is 2.22. The van der Waals surface area contributed by atoms with E-state index in [-0.39, 0.29) is 0 Å². The summed E-state index contributed by atoms with van der Waals surface area (Å²) in [5.41, 5.74) is 0. The van der Waals surface area contributed by atoms with E-state index < -0.39 is 49.7 Å². The van der Waals surface area contributed by atoms with Crippen molar-refractivity contribution in [2.24, 2.45) is 0 Å². The SMILES string of the molecule is C=CC(=O)OCC(O)COC(F)(F)C(F)(F)C(F)(F)C(F)F. The Kier molecular flexibility index (Phi) is 6.75. The van der Waals surface area contributed by atoms with Crippen molar-refractivity contribution in [1.82, 2.24) is 0 Å². The van der Waals surface area contributed by atoms with E-state index in [1.165, 1.54) is 0 Å². The van der Waals surface area contributed by atoms with E-state index in [4.69, 9.17) is 5.11 Å². The Labute approximate surface area is 118 Å². The van der Waals surface area contributed by atoms with Crippen LogP contribution in [0.2, 0.25) is 0 Å². The van der Waals surface area contributed by atoms with Crippen molar-refractivity contribution >= 4 is 5.97 Å². The first-order valence-electron chi connectivity index (χ1n) is 5.32. The molecule has 0 radical (unpaired) electrons. The van der Waals surface area contributed by atoms with Crippen LogP contribution < -0.4 is 0 Å². The molecule has 1 N–H and O–H groups in total. The molecule has 22 heavy (non-hydrogen) atoms. The number of halogens is 8. The second-order valence-corrected chi connectivity index (χ2v) is 3.81. The Bertz CT molecular complexity index is 398. The third-order valence-electron chi connectivity index (χ3n) is 2.10. The largest absolute Gasteiger partial charge is 0.460 e. The maximum Gasteiger partial charge on any atom is 0.426 e. The van der Waals surface area contributed by atoms with Gasteiger partial charge in [-0.3, -0.25) is 0 Å². The lowest BCUT2D eigenvalue weighted by Gasteiger charge is -2.31. The first-order valence-corrected chi connectivity index (χ1v) is 5.32.